The fraction of sp³-hybridized carbons (Fsp3) is 0.143. The minimum Gasteiger partial charge on any atom is -0.344 e. The van der Waals surface area contributed by atoms with Crippen molar-refractivity contribution in [2.24, 2.45) is 0 Å². The summed E-state index contributed by atoms with van der Waals surface area (Å²) in [7, 11) is 0. The highest BCUT2D eigenvalue weighted by Crippen LogP contribution is 2.20. The molecule has 3 rings (SSSR count). The second-order valence-corrected chi connectivity index (χ2v) is 6.07. The van der Waals surface area contributed by atoms with Crippen LogP contribution in [0.15, 0.2) is 60.7 Å². The van der Waals surface area contributed by atoms with E-state index in [1.54, 1.807) is 31.2 Å². The lowest BCUT2D eigenvalue weighted by Gasteiger charge is -2.15. The Hall–Kier alpha value is -3.72. The number of carbonyl (C=O) groups is 1. The highest BCUT2D eigenvalue weighted by Gasteiger charge is 2.15. The van der Waals surface area contributed by atoms with Crippen molar-refractivity contribution in [2.75, 3.05) is 5.32 Å². The van der Waals surface area contributed by atoms with Crippen molar-refractivity contribution < 1.29 is 4.79 Å². The molecule has 27 heavy (non-hydrogen) atoms. The molecule has 2 aromatic carbocycles. The Morgan fingerprint density at radius 3 is 2.52 bits per heavy atom. The van der Waals surface area contributed by atoms with Gasteiger partial charge in [-0.1, -0.05) is 42.5 Å². The van der Waals surface area contributed by atoms with E-state index in [0.29, 0.717) is 22.9 Å². The minimum atomic E-state index is -0.284. The first-order chi connectivity index (χ1) is 13.1. The van der Waals surface area contributed by atoms with Gasteiger partial charge in [-0.2, -0.15) is 5.26 Å². The van der Waals surface area contributed by atoms with Gasteiger partial charge in [-0.3, -0.25) is 4.79 Å². The normalized spacial score (nSPS) is 11.3. The summed E-state index contributed by atoms with van der Waals surface area (Å²) in [5.74, 6) is 0.642. The number of nitriles is 1. The largest absolute Gasteiger partial charge is 0.344 e. The van der Waals surface area contributed by atoms with Gasteiger partial charge in [-0.25, -0.2) is 9.97 Å². The Bertz CT molecular complexity index is 995. The number of aryl methyl sites for hydroxylation is 1. The van der Waals surface area contributed by atoms with Gasteiger partial charge in [0, 0.05) is 6.07 Å². The number of hydrogen-bond acceptors (Lipinski definition) is 5. The van der Waals surface area contributed by atoms with Gasteiger partial charge in [0.05, 0.1) is 17.3 Å². The predicted molar refractivity (Wildman–Crippen MR) is 104 cm³/mol. The SMILES string of the molecule is Cc1nc(Nc2ccccc2C#N)cc(C(=O)NC(C)c2ccccc2)n1. The smallest absolute Gasteiger partial charge is 0.270 e. The van der Waals surface area contributed by atoms with Gasteiger partial charge in [-0.15, -0.1) is 0 Å². The molecule has 0 spiro atoms. The van der Waals surface area contributed by atoms with Crippen LogP contribution >= 0.6 is 0 Å². The first kappa shape index (κ1) is 18.1. The molecule has 3 aromatic rings. The molecule has 134 valence electrons. The molecule has 0 aliphatic carbocycles. The van der Waals surface area contributed by atoms with Crippen LogP contribution in [0.25, 0.3) is 0 Å². The van der Waals surface area contributed by atoms with Gasteiger partial charge >= 0.3 is 0 Å². The fourth-order valence-electron chi connectivity index (χ4n) is 2.67. The molecular weight excluding hydrogens is 338 g/mol. The van der Waals surface area contributed by atoms with Crippen LogP contribution in [0.1, 0.15) is 40.4 Å². The van der Waals surface area contributed by atoms with E-state index in [9.17, 15) is 10.1 Å². The molecule has 0 bridgehead atoms. The zero-order chi connectivity index (χ0) is 19.2. The van der Waals surface area contributed by atoms with E-state index in [4.69, 9.17) is 0 Å². The molecule has 1 unspecified atom stereocenters. The molecule has 1 aromatic heterocycles. The van der Waals surface area contributed by atoms with E-state index < -0.39 is 0 Å². The molecule has 0 fully saturated rings. The molecule has 0 aliphatic heterocycles. The van der Waals surface area contributed by atoms with E-state index in [1.165, 1.54) is 0 Å². The number of nitrogens with one attached hydrogen (secondary N) is 2. The van der Waals surface area contributed by atoms with E-state index in [1.807, 2.05) is 43.3 Å². The summed E-state index contributed by atoms with van der Waals surface area (Å²) in [6, 6.07) is 20.4. The molecule has 1 heterocycles. The Kier molecular flexibility index (Phi) is 5.43. The maximum atomic E-state index is 12.6. The number of para-hydroxylation sites is 1. The average molecular weight is 357 g/mol. The van der Waals surface area contributed by atoms with Gasteiger partial charge in [-0.05, 0) is 31.5 Å². The molecule has 1 atom stereocenters. The van der Waals surface area contributed by atoms with E-state index >= 15 is 0 Å². The molecule has 1 amide bonds. The van der Waals surface area contributed by atoms with Crippen LogP contribution in [0.2, 0.25) is 0 Å². The molecular formula is C21H19N5O. The second kappa shape index (κ2) is 8.11. The first-order valence-corrected chi connectivity index (χ1v) is 8.54. The third kappa shape index (κ3) is 4.47. The van der Waals surface area contributed by atoms with Crippen molar-refractivity contribution in [3.05, 3.63) is 83.3 Å². The zero-order valence-electron chi connectivity index (χ0n) is 15.1. The third-order valence-corrected chi connectivity index (χ3v) is 4.03. The number of amides is 1. The highest BCUT2D eigenvalue weighted by atomic mass is 16.1. The van der Waals surface area contributed by atoms with Gasteiger partial charge in [0.15, 0.2) is 0 Å². The summed E-state index contributed by atoms with van der Waals surface area (Å²) in [5, 5.41) is 15.2. The number of hydrogen-bond donors (Lipinski definition) is 2. The molecule has 6 nitrogen and oxygen atoms in total. The van der Waals surface area contributed by atoms with E-state index in [2.05, 4.69) is 26.7 Å². The maximum Gasteiger partial charge on any atom is 0.270 e. The summed E-state index contributed by atoms with van der Waals surface area (Å²) < 4.78 is 0. The van der Waals surface area contributed by atoms with Crippen molar-refractivity contribution in [2.45, 2.75) is 19.9 Å². The van der Waals surface area contributed by atoms with Crippen molar-refractivity contribution in [1.82, 2.24) is 15.3 Å². The molecule has 0 saturated carbocycles. The van der Waals surface area contributed by atoms with Crippen LogP contribution in [0, 0.1) is 18.3 Å². The van der Waals surface area contributed by atoms with Crippen molar-refractivity contribution in [3.63, 3.8) is 0 Å². The fourth-order valence-corrected chi connectivity index (χ4v) is 2.67. The van der Waals surface area contributed by atoms with Crippen LogP contribution in [0.4, 0.5) is 11.5 Å². The summed E-state index contributed by atoms with van der Waals surface area (Å²) in [5.41, 5.74) is 2.40. The Balaban J connectivity index is 1.80. The monoisotopic (exact) mass is 357 g/mol. The highest BCUT2D eigenvalue weighted by molar-refractivity contribution is 5.93. The lowest BCUT2D eigenvalue weighted by molar-refractivity contribution is 0.0934. The number of aromatic nitrogens is 2. The molecule has 0 radical (unpaired) electrons. The number of rotatable bonds is 5. The Morgan fingerprint density at radius 1 is 1.07 bits per heavy atom. The predicted octanol–water partition coefficient (Wildman–Crippen LogP) is 3.89. The summed E-state index contributed by atoms with van der Waals surface area (Å²) >= 11 is 0. The quantitative estimate of drug-likeness (QED) is 0.723. The standard InChI is InChI=1S/C21H19N5O/c1-14(16-8-4-3-5-9-16)23-21(27)19-12-20(25-15(2)24-19)26-18-11-7-6-10-17(18)13-22/h3-12,14H,1-2H3,(H,23,27)(H,24,25,26). The van der Waals surface area contributed by atoms with Crippen LogP contribution in [-0.2, 0) is 0 Å². The lowest BCUT2D eigenvalue weighted by atomic mass is 10.1. The molecule has 2 N–H and O–H groups in total. The second-order valence-electron chi connectivity index (χ2n) is 6.07. The molecule has 6 heteroatoms. The number of nitrogens with zero attached hydrogens (tertiary/aromatic N) is 3. The first-order valence-electron chi connectivity index (χ1n) is 8.54. The maximum absolute atomic E-state index is 12.6. The summed E-state index contributed by atoms with van der Waals surface area (Å²) in [4.78, 5) is 21.2. The van der Waals surface area contributed by atoms with Crippen molar-refractivity contribution in [1.29, 1.82) is 5.26 Å². The lowest BCUT2D eigenvalue weighted by Crippen LogP contribution is -2.27. The average Bonchev–Trinajstić information content (AvgIpc) is 2.68. The van der Waals surface area contributed by atoms with Crippen molar-refractivity contribution >= 4 is 17.4 Å². The van der Waals surface area contributed by atoms with Crippen LogP contribution in [-0.4, -0.2) is 15.9 Å². The summed E-state index contributed by atoms with van der Waals surface area (Å²) in [6.07, 6.45) is 0. The van der Waals surface area contributed by atoms with Gasteiger partial charge in [0.25, 0.3) is 5.91 Å². The Labute approximate surface area is 157 Å². The van der Waals surface area contributed by atoms with Crippen LogP contribution in [0.5, 0.6) is 0 Å². The van der Waals surface area contributed by atoms with Crippen LogP contribution in [0.3, 0.4) is 0 Å². The third-order valence-electron chi connectivity index (χ3n) is 4.03. The zero-order valence-corrected chi connectivity index (χ0v) is 15.1. The number of anilines is 2. The van der Waals surface area contributed by atoms with Gasteiger partial charge in [0.1, 0.15) is 23.4 Å². The topological polar surface area (TPSA) is 90.7 Å². The summed E-state index contributed by atoms with van der Waals surface area (Å²) in [6.45, 7) is 3.64. The number of carbonyl (C=O) groups excluding carboxylic acids is 1. The van der Waals surface area contributed by atoms with Gasteiger partial charge in [0.2, 0.25) is 0 Å². The Morgan fingerprint density at radius 2 is 1.78 bits per heavy atom. The van der Waals surface area contributed by atoms with Crippen LogP contribution < -0.4 is 10.6 Å². The van der Waals surface area contributed by atoms with Gasteiger partial charge < -0.3 is 10.6 Å². The molecule has 0 saturated heterocycles. The minimum absolute atomic E-state index is 0.148. The van der Waals surface area contributed by atoms with Crippen molar-refractivity contribution in [3.8, 4) is 6.07 Å². The number of benzene rings is 2. The van der Waals surface area contributed by atoms with E-state index in [-0.39, 0.29) is 17.6 Å². The van der Waals surface area contributed by atoms with E-state index in [0.717, 1.165) is 5.56 Å². The molecule has 0 aliphatic rings.